The largest absolute Gasteiger partial charge is 0.354 e. The van der Waals surface area contributed by atoms with Crippen molar-refractivity contribution in [2.75, 3.05) is 0 Å². The van der Waals surface area contributed by atoms with E-state index in [4.69, 9.17) is 0 Å². The maximum atomic E-state index is 12.6. The van der Waals surface area contributed by atoms with Gasteiger partial charge in [0.05, 0.1) is 4.90 Å². The molecule has 5 nitrogen and oxygen atoms in total. The van der Waals surface area contributed by atoms with Crippen LogP contribution in [0.15, 0.2) is 59.5 Å². The van der Waals surface area contributed by atoms with Gasteiger partial charge in [0, 0.05) is 18.5 Å². The van der Waals surface area contributed by atoms with Crippen molar-refractivity contribution in [1.29, 1.82) is 0 Å². The van der Waals surface area contributed by atoms with E-state index in [1.165, 1.54) is 0 Å². The Balaban J connectivity index is 1.96. The lowest BCUT2D eigenvalue weighted by atomic mass is 10.1. The highest BCUT2D eigenvalue weighted by Gasteiger charge is 2.18. The van der Waals surface area contributed by atoms with Crippen LogP contribution in [0.4, 0.5) is 0 Å². The molecule has 2 atom stereocenters. The van der Waals surface area contributed by atoms with Gasteiger partial charge in [0.25, 0.3) is 0 Å². The summed E-state index contributed by atoms with van der Waals surface area (Å²) in [5.41, 5.74) is 1.84. The minimum absolute atomic E-state index is 0.0133. The summed E-state index contributed by atoms with van der Waals surface area (Å²) in [6, 6.07) is 16.0. The molecule has 2 aromatic carbocycles. The predicted octanol–water partition coefficient (Wildman–Crippen LogP) is 3.57. The first-order chi connectivity index (χ1) is 12.8. The number of carbonyl (C=O) groups excluding carboxylic acids is 1. The molecule has 27 heavy (non-hydrogen) atoms. The molecule has 0 radical (unpaired) electrons. The molecule has 1 amide bonds. The molecule has 6 heteroatoms. The Labute approximate surface area is 162 Å². The first-order valence-electron chi connectivity index (χ1n) is 9.27. The summed E-state index contributed by atoms with van der Waals surface area (Å²) >= 11 is 0. The van der Waals surface area contributed by atoms with Gasteiger partial charge in [-0.25, -0.2) is 13.1 Å². The van der Waals surface area contributed by atoms with Crippen molar-refractivity contribution >= 4 is 15.9 Å². The van der Waals surface area contributed by atoms with Crippen LogP contribution in [0.25, 0.3) is 0 Å². The lowest BCUT2D eigenvalue weighted by molar-refractivity contribution is -0.121. The van der Waals surface area contributed by atoms with Gasteiger partial charge < -0.3 is 5.32 Å². The summed E-state index contributed by atoms with van der Waals surface area (Å²) in [5.74, 6) is 0.0133. The van der Waals surface area contributed by atoms with Gasteiger partial charge in [-0.15, -0.1) is 0 Å². The second-order valence-corrected chi connectivity index (χ2v) is 8.49. The van der Waals surface area contributed by atoms with Crippen LogP contribution < -0.4 is 10.0 Å². The smallest absolute Gasteiger partial charge is 0.241 e. The Kier molecular flexibility index (Phi) is 7.56. The fourth-order valence-corrected chi connectivity index (χ4v) is 3.88. The molecule has 0 bridgehead atoms. The Morgan fingerprint density at radius 1 is 1.00 bits per heavy atom. The molecule has 0 fully saturated rings. The van der Waals surface area contributed by atoms with Gasteiger partial charge in [-0.05, 0) is 49.9 Å². The normalized spacial score (nSPS) is 13.7. The van der Waals surface area contributed by atoms with Gasteiger partial charge in [-0.3, -0.25) is 4.79 Å². The number of carbonyl (C=O) groups is 1. The number of nitrogens with one attached hydrogen (secondary N) is 2. The third-order valence-electron chi connectivity index (χ3n) is 4.53. The van der Waals surface area contributed by atoms with E-state index >= 15 is 0 Å². The molecule has 0 spiro atoms. The lowest BCUT2D eigenvalue weighted by Crippen LogP contribution is -2.32. The second kappa shape index (κ2) is 9.67. The van der Waals surface area contributed by atoms with Crippen LogP contribution in [0.5, 0.6) is 0 Å². The number of benzene rings is 2. The van der Waals surface area contributed by atoms with E-state index in [9.17, 15) is 13.2 Å². The SMILES string of the molecule is CC[C@H](C)NC(=O)CCc1ccc(S(=O)(=O)N[C@H](C)c2ccccc2)cc1. The van der Waals surface area contributed by atoms with Crippen molar-refractivity contribution in [3.8, 4) is 0 Å². The molecule has 0 saturated carbocycles. The molecule has 0 heterocycles. The summed E-state index contributed by atoms with van der Waals surface area (Å²) in [4.78, 5) is 12.1. The molecular weight excluding hydrogens is 360 g/mol. The van der Waals surface area contributed by atoms with Crippen molar-refractivity contribution < 1.29 is 13.2 Å². The number of aryl methyl sites for hydroxylation is 1. The predicted molar refractivity (Wildman–Crippen MR) is 108 cm³/mol. The zero-order chi connectivity index (χ0) is 19.9. The molecule has 0 aliphatic carbocycles. The number of rotatable bonds is 9. The zero-order valence-electron chi connectivity index (χ0n) is 16.1. The van der Waals surface area contributed by atoms with Gasteiger partial charge >= 0.3 is 0 Å². The minimum Gasteiger partial charge on any atom is -0.354 e. The topological polar surface area (TPSA) is 75.3 Å². The molecule has 146 valence electrons. The second-order valence-electron chi connectivity index (χ2n) is 6.77. The van der Waals surface area contributed by atoms with Gasteiger partial charge in [0.2, 0.25) is 15.9 Å². The van der Waals surface area contributed by atoms with Crippen molar-refractivity contribution in [3.05, 3.63) is 65.7 Å². The third kappa shape index (κ3) is 6.48. The molecule has 0 unspecified atom stereocenters. The monoisotopic (exact) mass is 388 g/mol. The number of hydrogen-bond acceptors (Lipinski definition) is 3. The highest BCUT2D eigenvalue weighted by molar-refractivity contribution is 7.89. The summed E-state index contributed by atoms with van der Waals surface area (Å²) < 4.78 is 27.8. The standard InChI is InChI=1S/C21H28N2O3S/c1-4-16(2)22-21(24)15-12-18-10-13-20(14-11-18)27(25,26)23-17(3)19-8-6-5-7-9-19/h5-11,13-14,16-17,23H,4,12,15H2,1-3H3,(H,22,24)/t16-,17+/m0/s1. The Morgan fingerprint density at radius 2 is 1.63 bits per heavy atom. The van der Waals surface area contributed by atoms with Crippen LogP contribution in [0.2, 0.25) is 0 Å². The third-order valence-corrected chi connectivity index (χ3v) is 6.08. The number of hydrogen-bond donors (Lipinski definition) is 2. The maximum Gasteiger partial charge on any atom is 0.241 e. The summed E-state index contributed by atoms with van der Waals surface area (Å²) in [6.45, 7) is 5.81. The van der Waals surface area contributed by atoms with Crippen molar-refractivity contribution in [2.45, 2.75) is 57.0 Å². The van der Waals surface area contributed by atoms with E-state index in [-0.39, 0.29) is 22.9 Å². The maximum absolute atomic E-state index is 12.6. The quantitative estimate of drug-likeness (QED) is 0.689. The molecule has 2 aromatic rings. The van der Waals surface area contributed by atoms with E-state index in [0.717, 1.165) is 17.5 Å². The highest BCUT2D eigenvalue weighted by atomic mass is 32.2. The van der Waals surface area contributed by atoms with Crippen molar-refractivity contribution in [2.24, 2.45) is 0 Å². The van der Waals surface area contributed by atoms with Crippen LogP contribution in [-0.2, 0) is 21.2 Å². The molecule has 2 N–H and O–H groups in total. The lowest BCUT2D eigenvalue weighted by Gasteiger charge is -2.15. The van der Waals surface area contributed by atoms with Crippen LogP contribution >= 0.6 is 0 Å². The fourth-order valence-electron chi connectivity index (χ4n) is 2.65. The summed E-state index contributed by atoms with van der Waals surface area (Å²) in [5, 5.41) is 2.93. The van der Waals surface area contributed by atoms with Crippen LogP contribution in [0, 0.1) is 0 Å². The van der Waals surface area contributed by atoms with E-state index in [2.05, 4.69) is 10.0 Å². The summed E-state index contributed by atoms with van der Waals surface area (Å²) in [6.07, 6.45) is 1.86. The average molecular weight is 389 g/mol. The molecule has 0 saturated heterocycles. The molecule has 0 aliphatic heterocycles. The number of amides is 1. The molecule has 0 aromatic heterocycles. The molecule has 2 rings (SSSR count). The van der Waals surface area contributed by atoms with Gasteiger partial charge in [-0.1, -0.05) is 49.4 Å². The van der Waals surface area contributed by atoms with Crippen LogP contribution in [-0.4, -0.2) is 20.4 Å². The van der Waals surface area contributed by atoms with Crippen LogP contribution in [0.3, 0.4) is 0 Å². The summed E-state index contributed by atoms with van der Waals surface area (Å²) in [7, 11) is -3.60. The fraction of sp³-hybridized carbons (Fsp3) is 0.381. The Hall–Kier alpha value is -2.18. The van der Waals surface area contributed by atoms with Gasteiger partial charge in [0.1, 0.15) is 0 Å². The first-order valence-corrected chi connectivity index (χ1v) is 10.8. The Bertz CT molecular complexity index is 833. The van der Waals surface area contributed by atoms with Crippen molar-refractivity contribution in [3.63, 3.8) is 0 Å². The number of sulfonamides is 1. The van der Waals surface area contributed by atoms with E-state index in [1.54, 1.807) is 24.3 Å². The van der Waals surface area contributed by atoms with Gasteiger partial charge in [0.15, 0.2) is 0 Å². The zero-order valence-corrected chi connectivity index (χ0v) is 16.9. The van der Waals surface area contributed by atoms with E-state index < -0.39 is 10.0 Å². The van der Waals surface area contributed by atoms with Crippen molar-refractivity contribution in [1.82, 2.24) is 10.0 Å². The van der Waals surface area contributed by atoms with Gasteiger partial charge in [-0.2, -0.15) is 0 Å². The van der Waals surface area contributed by atoms with E-state index in [1.807, 2.05) is 51.1 Å². The minimum atomic E-state index is -3.60. The molecular formula is C21H28N2O3S. The average Bonchev–Trinajstić information content (AvgIpc) is 2.67. The van der Waals surface area contributed by atoms with E-state index in [0.29, 0.717) is 12.8 Å². The van der Waals surface area contributed by atoms with Crippen LogP contribution in [0.1, 0.15) is 50.8 Å². The first kappa shape index (κ1) is 21.1. The Morgan fingerprint density at radius 3 is 2.22 bits per heavy atom. The highest BCUT2D eigenvalue weighted by Crippen LogP contribution is 2.17. The molecule has 0 aliphatic rings.